The van der Waals surface area contributed by atoms with E-state index in [4.69, 9.17) is 0 Å². The van der Waals surface area contributed by atoms with Crippen molar-refractivity contribution >= 4 is 0 Å². The molecular formula is C9H14N2O. The topological polar surface area (TPSA) is 38.0 Å². The van der Waals surface area contributed by atoms with E-state index < -0.39 is 5.60 Å². The highest BCUT2D eigenvalue weighted by atomic mass is 16.3. The van der Waals surface area contributed by atoms with Gasteiger partial charge in [-0.1, -0.05) is 0 Å². The fourth-order valence-corrected chi connectivity index (χ4v) is 1.47. The van der Waals surface area contributed by atoms with Gasteiger partial charge in [-0.25, -0.2) is 0 Å². The highest BCUT2D eigenvalue weighted by molar-refractivity contribution is 5.19. The molecule has 0 unspecified atom stereocenters. The first-order chi connectivity index (χ1) is 5.63. The Morgan fingerprint density at radius 2 is 2.25 bits per heavy atom. The minimum Gasteiger partial charge on any atom is -0.384 e. The fourth-order valence-electron chi connectivity index (χ4n) is 1.47. The number of rotatable bonds is 2. The third-order valence-electron chi connectivity index (χ3n) is 2.36. The molecule has 0 saturated heterocycles. The molecule has 0 spiro atoms. The molecule has 1 aliphatic rings. The Kier molecular flexibility index (Phi) is 1.51. The Bertz CT molecular complexity index is 286. The molecule has 0 radical (unpaired) electrons. The molecule has 1 heterocycles. The first-order valence-electron chi connectivity index (χ1n) is 4.40. The van der Waals surface area contributed by atoms with E-state index >= 15 is 0 Å². The van der Waals surface area contributed by atoms with E-state index in [1.54, 1.807) is 6.20 Å². The average molecular weight is 166 g/mol. The number of aromatic nitrogens is 2. The van der Waals surface area contributed by atoms with Crippen molar-refractivity contribution in [3.63, 3.8) is 0 Å². The second-order valence-electron chi connectivity index (χ2n) is 3.79. The molecule has 3 nitrogen and oxygen atoms in total. The molecule has 1 aromatic rings. The van der Waals surface area contributed by atoms with E-state index in [9.17, 15) is 5.11 Å². The van der Waals surface area contributed by atoms with Gasteiger partial charge in [-0.15, -0.1) is 0 Å². The Hall–Kier alpha value is -0.830. The van der Waals surface area contributed by atoms with Crippen LogP contribution < -0.4 is 0 Å². The molecular weight excluding hydrogens is 152 g/mol. The average Bonchev–Trinajstić information content (AvgIpc) is 2.61. The number of nitrogens with zero attached hydrogens (tertiary/aromatic N) is 2. The Morgan fingerprint density at radius 3 is 2.75 bits per heavy atom. The van der Waals surface area contributed by atoms with Crippen LogP contribution in [0.1, 0.15) is 38.4 Å². The smallest absolute Gasteiger partial charge is 0.106 e. The predicted octanol–water partition coefficient (Wildman–Crippen LogP) is 1.45. The van der Waals surface area contributed by atoms with Gasteiger partial charge in [0.15, 0.2) is 0 Å². The molecule has 0 bridgehead atoms. The SMILES string of the molecule is CC(C)n1nccc1C1(O)CC1. The summed E-state index contributed by atoms with van der Waals surface area (Å²) in [6.45, 7) is 4.14. The summed E-state index contributed by atoms with van der Waals surface area (Å²) in [7, 11) is 0. The van der Waals surface area contributed by atoms with E-state index in [1.165, 1.54) is 0 Å². The summed E-state index contributed by atoms with van der Waals surface area (Å²) in [6, 6.07) is 2.24. The van der Waals surface area contributed by atoms with Crippen LogP contribution in [0.4, 0.5) is 0 Å². The lowest BCUT2D eigenvalue weighted by molar-refractivity contribution is 0.138. The maximum absolute atomic E-state index is 9.86. The van der Waals surface area contributed by atoms with Crippen LogP contribution in [0, 0.1) is 0 Å². The molecule has 1 N–H and O–H groups in total. The Morgan fingerprint density at radius 1 is 1.58 bits per heavy atom. The molecule has 0 aliphatic heterocycles. The van der Waals surface area contributed by atoms with Crippen LogP contribution in [0.25, 0.3) is 0 Å². The van der Waals surface area contributed by atoms with E-state index in [2.05, 4.69) is 18.9 Å². The zero-order valence-corrected chi connectivity index (χ0v) is 7.49. The molecule has 1 aromatic heterocycles. The second-order valence-corrected chi connectivity index (χ2v) is 3.79. The summed E-state index contributed by atoms with van der Waals surface area (Å²) in [5, 5.41) is 14.0. The predicted molar refractivity (Wildman–Crippen MR) is 45.7 cm³/mol. The summed E-state index contributed by atoms with van der Waals surface area (Å²) in [4.78, 5) is 0. The van der Waals surface area contributed by atoms with E-state index in [1.807, 2.05) is 10.7 Å². The van der Waals surface area contributed by atoms with Crippen molar-refractivity contribution in [3.8, 4) is 0 Å². The maximum Gasteiger partial charge on any atom is 0.106 e. The largest absolute Gasteiger partial charge is 0.384 e. The maximum atomic E-state index is 9.86. The molecule has 12 heavy (non-hydrogen) atoms. The van der Waals surface area contributed by atoms with Crippen LogP contribution in [0.15, 0.2) is 12.3 Å². The van der Waals surface area contributed by atoms with Crippen LogP contribution in [-0.2, 0) is 5.60 Å². The summed E-state index contributed by atoms with van der Waals surface area (Å²) >= 11 is 0. The van der Waals surface area contributed by atoms with Crippen molar-refractivity contribution in [2.75, 3.05) is 0 Å². The summed E-state index contributed by atoms with van der Waals surface area (Å²) in [5.41, 5.74) is 0.415. The van der Waals surface area contributed by atoms with Crippen LogP contribution in [0.5, 0.6) is 0 Å². The van der Waals surface area contributed by atoms with Crippen LogP contribution in [0.2, 0.25) is 0 Å². The van der Waals surface area contributed by atoms with Crippen molar-refractivity contribution in [2.24, 2.45) is 0 Å². The van der Waals surface area contributed by atoms with Crippen molar-refractivity contribution in [2.45, 2.75) is 38.3 Å². The van der Waals surface area contributed by atoms with Crippen molar-refractivity contribution in [3.05, 3.63) is 18.0 Å². The molecule has 1 fully saturated rings. The summed E-state index contributed by atoms with van der Waals surface area (Å²) < 4.78 is 1.90. The lowest BCUT2D eigenvalue weighted by Gasteiger charge is -2.14. The third kappa shape index (κ3) is 1.05. The minimum absolute atomic E-state index is 0.333. The standard InChI is InChI=1S/C9H14N2O/c1-7(2)11-8(3-6-10-11)9(12)4-5-9/h3,6-7,12H,4-5H2,1-2H3. The molecule has 0 atom stereocenters. The molecule has 1 saturated carbocycles. The lowest BCUT2D eigenvalue weighted by Crippen LogP contribution is -2.15. The van der Waals surface area contributed by atoms with Gasteiger partial charge in [0.2, 0.25) is 0 Å². The van der Waals surface area contributed by atoms with Gasteiger partial charge in [0, 0.05) is 12.2 Å². The number of hydrogen-bond acceptors (Lipinski definition) is 2. The first-order valence-corrected chi connectivity index (χ1v) is 4.40. The molecule has 2 rings (SSSR count). The Labute approximate surface area is 72.0 Å². The van der Waals surface area contributed by atoms with E-state index in [0.29, 0.717) is 6.04 Å². The van der Waals surface area contributed by atoms with Gasteiger partial charge in [0.1, 0.15) is 5.60 Å². The van der Waals surface area contributed by atoms with E-state index in [0.717, 1.165) is 18.5 Å². The first kappa shape index (κ1) is 7.80. The molecule has 3 heteroatoms. The summed E-state index contributed by atoms with van der Waals surface area (Å²) in [5.74, 6) is 0. The Balaban J connectivity index is 2.37. The third-order valence-corrected chi connectivity index (χ3v) is 2.36. The zero-order chi connectivity index (χ0) is 8.77. The van der Waals surface area contributed by atoms with Crippen LogP contribution in [-0.4, -0.2) is 14.9 Å². The highest BCUT2D eigenvalue weighted by Crippen LogP contribution is 2.45. The number of aliphatic hydroxyl groups is 1. The normalized spacial score (nSPS) is 20.0. The number of hydrogen-bond donors (Lipinski definition) is 1. The van der Waals surface area contributed by atoms with Gasteiger partial charge in [-0.05, 0) is 32.8 Å². The monoisotopic (exact) mass is 166 g/mol. The highest BCUT2D eigenvalue weighted by Gasteiger charge is 2.44. The van der Waals surface area contributed by atoms with Gasteiger partial charge >= 0.3 is 0 Å². The van der Waals surface area contributed by atoms with Gasteiger partial charge in [-0.2, -0.15) is 5.10 Å². The van der Waals surface area contributed by atoms with Crippen LogP contribution in [0.3, 0.4) is 0 Å². The van der Waals surface area contributed by atoms with Gasteiger partial charge in [0.05, 0.1) is 5.69 Å². The lowest BCUT2D eigenvalue weighted by atomic mass is 10.2. The van der Waals surface area contributed by atoms with Gasteiger partial charge in [0.25, 0.3) is 0 Å². The fraction of sp³-hybridized carbons (Fsp3) is 0.667. The minimum atomic E-state index is -0.555. The van der Waals surface area contributed by atoms with Gasteiger partial charge in [-0.3, -0.25) is 4.68 Å². The van der Waals surface area contributed by atoms with Crippen molar-refractivity contribution in [1.82, 2.24) is 9.78 Å². The molecule has 0 amide bonds. The molecule has 0 aromatic carbocycles. The summed E-state index contributed by atoms with van der Waals surface area (Å²) in [6.07, 6.45) is 3.52. The molecule has 1 aliphatic carbocycles. The van der Waals surface area contributed by atoms with E-state index in [-0.39, 0.29) is 0 Å². The quantitative estimate of drug-likeness (QED) is 0.722. The van der Waals surface area contributed by atoms with Crippen molar-refractivity contribution < 1.29 is 5.11 Å². The van der Waals surface area contributed by atoms with Gasteiger partial charge < -0.3 is 5.11 Å². The van der Waals surface area contributed by atoms with Crippen LogP contribution >= 0.6 is 0 Å². The van der Waals surface area contributed by atoms with Crippen molar-refractivity contribution in [1.29, 1.82) is 0 Å². The molecule has 66 valence electrons. The second kappa shape index (κ2) is 2.33. The zero-order valence-electron chi connectivity index (χ0n) is 7.49.